The molecule has 3 rings (SSSR count). The fourth-order valence-corrected chi connectivity index (χ4v) is 5.12. The van der Waals surface area contributed by atoms with Crippen LogP contribution in [0.15, 0.2) is 0 Å². The van der Waals surface area contributed by atoms with Gasteiger partial charge >= 0.3 is 0 Å². The number of aryl methyl sites for hydroxylation is 1. The zero-order valence-corrected chi connectivity index (χ0v) is 15.3. The first-order valence-corrected chi connectivity index (χ1v) is 9.02. The summed E-state index contributed by atoms with van der Waals surface area (Å²) in [7, 11) is 0. The standard InChI is InChI=1S/C19H28N2O4/c1-12-15(14(3)24)13(2)20-16(12)17(25)21-8-18(10-22)6-4-5-7-19(18,9-21)11-23/h20,22-23H,4-11H2,1-3H3/t18-,19+. The molecule has 0 spiro atoms. The molecule has 0 bridgehead atoms. The molecular formula is C19H28N2O4. The average molecular weight is 348 g/mol. The first-order valence-electron chi connectivity index (χ1n) is 9.02. The lowest BCUT2D eigenvalue weighted by atomic mass is 9.58. The minimum atomic E-state index is -0.422. The van der Waals surface area contributed by atoms with Crippen LogP contribution in [-0.2, 0) is 0 Å². The number of H-pyrrole nitrogens is 1. The third kappa shape index (κ3) is 2.54. The Hall–Kier alpha value is -1.66. The van der Waals surface area contributed by atoms with Crippen molar-refractivity contribution < 1.29 is 19.8 Å². The minimum Gasteiger partial charge on any atom is -0.396 e. The second kappa shape index (κ2) is 6.25. The van der Waals surface area contributed by atoms with Crippen molar-refractivity contribution in [3.05, 3.63) is 22.5 Å². The Bertz CT molecular complexity index is 689. The van der Waals surface area contributed by atoms with E-state index in [1.807, 2.05) is 0 Å². The molecule has 1 saturated heterocycles. The molecule has 138 valence electrons. The fourth-order valence-electron chi connectivity index (χ4n) is 5.12. The highest BCUT2D eigenvalue weighted by Gasteiger charge is 2.59. The Labute approximate surface area is 148 Å². The SMILES string of the molecule is CC(=O)c1c(C)[nH]c(C(=O)N2C[C@]3(CO)CCCC[C@]3(CO)C2)c1C. The van der Waals surface area contributed by atoms with Gasteiger partial charge in [0.05, 0.1) is 13.2 Å². The van der Waals surface area contributed by atoms with E-state index >= 15 is 0 Å². The summed E-state index contributed by atoms with van der Waals surface area (Å²) in [6, 6.07) is 0. The van der Waals surface area contributed by atoms with Gasteiger partial charge in [-0.3, -0.25) is 9.59 Å². The Morgan fingerprint density at radius 2 is 1.60 bits per heavy atom. The first-order chi connectivity index (χ1) is 11.8. The number of nitrogens with one attached hydrogen (secondary N) is 1. The van der Waals surface area contributed by atoms with Gasteiger partial charge < -0.3 is 20.1 Å². The van der Waals surface area contributed by atoms with E-state index in [2.05, 4.69) is 4.98 Å². The highest BCUT2D eigenvalue weighted by molar-refractivity contribution is 6.02. The van der Waals surface area contributed by atoms with Crippen LogP contribution in [0.1, 0.15) is 64.7 Å². The second-order valence-electron chi connectivity index (χ2n) is 7.93. The normalized spacial score (nSPS) is 28.9. The molecule has 1 amide bonds. The van der Waals surface area contributed by atoms with Crippen LogP contribution in [-0.4, -0.2) is 58.1 Å². The number of aliphatic hydroxyl groups is 2. The van der Waals surface area contributed by atoms with Crippen molar-refractivity contribution in [2.75, 3.05) is 26.3 Å². The van der Waals surface area contributed by atoms with Crippen LogP contribution in [0.4, 0.5) is 0 Å². The number of aromatic amines is 1. The van der Waals surface area contributed by atoms with Crippen molar-refractivity contribution in [3.63, 3.8) is 0 Å². The van der Waals surface area contributed by atoms with Crippen molar-refractivity contribution in [1.29, 1.82) is 0 Å². The molecule has 1 aromatic rings. The number of aromatic nitrogens is 1. The molecule has 1 aromatic heterocycles. The third-order valence-electron chi connectivity index (χ3n) is 6.57. The third-order valence-corrected chi connectivity index (χ3v) is 6.57. The quantitative estimate of drug-likeness (QED) is 0.724. The number of aliphatic hydroxyl groups excluding tert-OH is 2. The highest BCUT2D eigenvalue weighted by atomic mass is 16.3. The van der Waals surface area contributed by atoms with E-state index in [0.29, 0.717) is 35.6 Å². The molecule has 2 aliphatic rings. The summed E-state index contributed by atoms with van der Waals surface area (Å²) in [4.78, 5) is 29.8. The monoisotopic (exact) mass is 348 g/mol. The summed E-state index contributed by atoms with van der Waals surface area (Å²) >= 11 is 0. The number of amides is 1. The molecule has 6 nitrogen and oxygen atoms in total. The Kier molecular flexibility index (Phi) is 4.54. The number of ketones is 1. The lowest BCUT2D eigenvalue weighted by Crippen LogP contribution is -2.48. The second-order valence-corrected chi connectivity index (χ2v) is 7.93. The summed E-state index contributed by atoms with van der Waals surface area (Å²) in [5.74, 6) is -0.206. The molecule has 25 heavy (non-hydrogen) atoms. The van der Waals surface area contributed by atoms with Crippen LogP contribution in [0.3, 0.4) is 0 Å². The van der Waals surface area contributed by atoms with E-state index in [9.17, 15) is 19.8 Å². The zero-order valence-electron chi connectivity index (χ0n) is 15.3. The lowest BCUT2D eigenvalue weighted by Gasteiger charge is -2.46. The molecule has 0 aromatic carbocycles. The number of rotatable bonds is 4. The number of likely N-dealkylation sites (tertiary alicyclic amines) is 1. The van der Waals surface area contributed by atoms with Crippen LogP contribution in [0.2, 0.25) is 0 Å². The van der Waals surface area contributed by atoms with Gasteiger partial charge in [0.2, 0.25) is 0 Å². The van der Waals surface area contributed by atoms with Crippen LogP contribution >= 0.6 is 0 Å². The molecule has 6 heteroatoms. The molecule has 3 N–H and O–H groups in total. The van der Waals surface area contributed by atoms with Crippen LogP contribution < -0.4 is 0 Å². The van der Waals surface area contributed by atoms with Gasteiger partial charge in [0.1, 0.15) is 5.69 Å². The predicted molar refractivity (Wildman–Crippen MR) is 93.7 cm³/mol. The molecule has 2 atom stereocenters. The number of Topliss-reactive ketones (excluding diaryl/α,β-unsaturated/α-hetero) is 1. The first kappa shape index (κ1) is 18.1. The largest absolute Gasteiger partial charge is 0.396 e. The molecule has 2 heterocycles. The van der Waals surface area contributed by atoms with Gasteiger partial charge in [-0.25, -0.2) is 0 Å². The topological polar surface area (TPSA) is 93.6 Å². The highest BCUT2D eigenvalue weighted by Crippen LogP contribution is 2.55. The molecule has 1 aliphatic carbocycles. The van der Waals surface area contributed by atoms with E-state index in [1.54, 1.807) is 18.7 Å². The van der Waals surface area contributed by atoms with E-state index < -0.39 is 10.8 Å². The maximum atomic E-state index is 13.1. The van der Waals surface area contributed by atoms with Gasteiger partial charge in [0, 0.05) is 35.2 Å². The van der Waals surface area contributed by atoms with E-state index in [0.717, 1.165) is 25.7 Å². The van der Waals surface area contributed by atoms with Crippen molar-refractivity contribution in [2.45, 2.75) is 46.5 Å². The summed E-state index contributed by atoms with van der Waals surface area (Å²) in [6.45, 7) is 5.97. The predicted octanol–water partition coefficient (Wildman–Crippen LogP) is 1.82. The van der Waals surface area contributed by atoms with Crippen LogP contribution in [0.25, 0.3) is 0 Å². The number of nitrogens with zero attached hydrogens (tertiary/aromatic N) is 1. The summed E-state index contributed by atoms with van der Waals surface area (Å²) in [5, 5.41) is 20.2. The number of hydrogen-bond acceptors (Lipinski definition) is 4. The fraction of sp³-hybridized carbons (Fsp3) is 0.684. The lowest BCUT2D eigenvalue weighted by molar-refractivity contribution is -0.0490. The number of carbonyl (C=O) groups excluding carboxylic acids is 2. The Morgan fingerprint density at radius 1 is 1.08 bits per heavy atom. The summed E-state index contributed by atoms with van der Waals surface area (Å²) in [5.41, 5.74) is 1.57. The zero-order chi connectivity index (χ0) is 18.4. The van der Waals surface area contributed by atoms with Gasteiger partial charge in [0.15, 0.2) is 5.78 Å². The molecule has 1 aliphatic heterocycles. The van der Waals surface area contributed by atoms with Crippen molar-refractivity contribution in [1.82, 2.24) is 9.88 Å². The summed E-state index contributed by atoms with van der Waals surface area (Å²) in [6.07, 6.45) is 3.68. The smallest absolute Gasteiger partial charge is 0.270 e. The van der Waals surface area contributed by atoms with Crippen LogP contribution in [0, 0.1) is 24.7 Å². The van der Waals surface area contributed by atoms with Gasteiger partial charge in [0.25, 0.3) is 5.91 Å². The number of hydrogen-bond donors (Lipinski definition) is 3. The average Bonchev–Trinajstić information content (AvgIpc) is 3.09. The van der Waals surface area contributed by atoms with Crippen LogP contribution in [0.5, 0.6) is 0 Å². The van der Waals surface area contributed by atoms with Crippen molar-refractivity contribution in [3.8, 4) is 0 Å². The Morgan fingerprint density at radius 3 is 2.00 bits per heavy atom. The van der Waals surface area contributed by atoms with E-state index in [4.69, 9.17) is 0 Å². The van der Waals surface area contributed by atoms with Gasteiger partial charge in [-0.05, 0) is 39.2 Å². The molecule has 2 fully saturated rings. The van der Waals surface area contributed by atoms with Gasteiger partial charge in [-0.2, -0.15) is 0 Å². The molecule has 0 unspecified atom stereocenters. The van der Waals surface area contributed by atoms with Gasteiger partial charge in [-0.1, -0.05) is 12.8 Å². The maximum absolute atomic E-state index is 13.1. The van der Waals surface area contributed by atoms with Crippen molar-refractivity contribution >= 4 is 11.7 Å². The number of fused-ring (bicyclic) bond motifs is 1. The Balaban J connectivity index is 1.95. The minimum absolute atomic E-state index is 0.0151. The van der Waals surface area contributed by atoms with E-state index in [-0.39, 0.29) is 24.9 Å². The molecular weight excluding hydrogens is 320 g/mol. The maximum Gasteiger partial charge on any atom is 0.270 e. The molecule has 0 radical (unpaired) electrons. The van der Waals surface area contributed by atoms with E-state index in [1.165, 1.54) is 6.92 Å². The number of carbonyl (C=O) groups is 2. The van der Waals surface area contributed by atoms with Crippen molar-refractivity contribution in [2.24, 2.45) is 10.8 Å². The molecule has 1 saturated carbocycles. The summed E-state index contributed by atoms with van der Waals surface area (Å²) < 4.78 is 0. The van der Waals surface area contributed by atoms with Gasteiger partial charge in [-0.15, -0.1) is 0 Å².